The third-order valence-electron chi connectivity index (χ3n) is 2.56. The quantitative estimate of drug-likeness (QED) is 0.760. The molecule has 0 aliphatic heterocycles. The smallest absolute Gasteiger partial charge is 0.376 e. The maximum Gasteiger partial charge on any atom is 0.416 e. The predicted molar refractivity (Wildman–Crippen MR) is 76.5 cm³/mol. The zero-order chi connectivity index (χ0) is 17.1. The molecule has 22 heavy (non-hydrogen) atoms. The van der Waals surface area contributed by atoms with Gasteiger partial charge in [-0.05, 0) is 33.8 Å². The molecule has 1 aromatic rings. The third-order valence-corrected chi connectivity index (χ3v) is 4.87. The Kier molecular flexibility index (Phi) is 6.21. The molecule has 0 unspecified atom stereocenters. The second-order valence-electron chi connectivity index (χ2n) is 5.31. The van der Waals surface area contributed by atoms with E-state index in [2.05, 4.69) is 0 Å². The second kappa shape index (κ2) is 7.13. The van der Waals surface area contributed by atoms with Gasteiger partial charge in [-0.3, -0.25) is 4.57 Å². The lowest BCUT2D eigenvalue weighted by Crippen LogP contribution is -2.17. The Morgan fingerprint density at radius 1 is 1.05 bits per heavy atom. The fraction of sp³-hybridized carbons (Fsp3) is 0.571. The van der Waals surface area contributed by atoms with E-state index in [1.54, 1.807) is 27.7 Å². The molecular weight excluding hydrogens is 320 g/mol. The SMILES string of the molecule is CC(C)OP(=O)(OC(C)C)[C@H](O)c1ccccc1C(F)(F)F. The molecule has 0 saturated heterocycles. The fourth-order valence-electron chi connectivity index (χ4n) is 1.88. The lowest BCUT2D eigenvalue weighted by Gasteiger charge is -2.28. The van der Waals surface area contributed by atoms with Crippen LogP contribution in [0.1, 0.15) is 44.7 Å². The lowest BCUT2D eigenvalue weighted by molar-refractivity contribution is -0.138. The van der Waals surface area contributed by atoms with Gasteiger partial charge in [0.15, 0.2) is 5.85 Å². The molecule has 4 nitrogen and oxygen atoms in total. The summed E-state index contributed by atoms with van der Waals surface area (Å²) in [6.45, 7) is 6.22. The zero-order valence-electron chi connectivity index (χ0n) is 12.8. The molecule has 0 aliphatic rings. The third kappa shape index (κ3) is 4.81. The predicted octanol–water partition coefficient (Wildman–Crippen LogP) is 4.74. The first-order valence-electron chi connectivity index (χ1n) is 6.78. The van der Waals surface area contributed by atoms with Gasteiger partial charge in [0.05, 0.1) is 17.8 Å². The van der Waals surface area contributed by atoms with Crippen molar-refractivity contribution in [3.63, 3.8) is 0 Å². The van der Waals surface area contributed by atoms with E-state index in [4.69, 9.17) is 9.05 Å². The number of aliphatic hydroxyl groups is 1. The maximum atomic E-state index is 13.0. The van der Waals surface area contributed by atoms with Gasteiger partial charge in [0.1, 0.15) is 0 Å². The Labute approximate surface area is 127 Å². The Bertz CT molecular complexity index is 529. The van der Waals surface area contributed by atoms with Crippen LogP contribution in [-0.4, -0.2) is 17.3 Å². The van der Waals surface area contributed by atoms with Crippen molar-refractivity contribution < 1.29 is 31.9 Å². The van der Waals surface area contributed by atoms with Crippen LogP contribution in [0, 0.1) is 0 Å². The molecule has 126 valence electrons. The fourth-order valence-corrected chi connectivity index (χ4v) is 3.90. The molecule has 0 heterocycles. The highest BCUT2D eigenvalue weighted by molar-refractivity contribution is 7.54. The van der Waals surface area contributed by atoms with Crippen LogP contribution in [0.25, 0.3) is 0 Å². The summed E-state index contributed by atoms with van der Waals surface area (Å²) in [6, 6.07) is 4.39. The molecule has 0 amide bonds. The van der Waals surface area contributed by atoms with Crippen LogP contribution in [0.4, 0.5) is 13.2 Å². The van der Waals surface area contributed by atoms with E-state index >= 15 is 0 Å². The van der Waals surface area contributed by atoms with Crippen LogP contribution >= 0.6 is 7.60 Å². The monoisotopic (exact) mass is 340 g/mol. The molecule has 0 bridgehead atoms. The van der Waals surface area contributed by atoms with Gasteiger partial charge in [0, 0.05) is 5.56 Å². The normalized spacial score (nSPS) is 14.6. The number of hydrogen-bond acceptors (Lipinski definition) is 4. The van der Waals surface area contributed by atoms with E-state index in [0.717, 1.165) is 12.1 Å². The zero-order valence-corrected chi connectivity index (χ0v) is 13.7. The first-order valence-corrected chi connectivity index (χ1v) is 8.39. The van der Waals surface area contributed by atoms with Crippen molar-refractivity contribution in [2.75, 3.05) is 0 Å². The molecule has 1 atom stereocenters. The minimum Gasteiger partial charge on any atom is -0.376 e. The largest absolute Gasteiger partial charge is 0.416 e. The van der Waals surface area contributed by atoms with Crippen LogP contribution in [0.15, 0.2) is 24.3 Å². The average molecular weight is 340 g/mol. The summed E-state index contributed by atoms with van der Waals surface area (Å²) in [6.07, 6.45) is -5.85. The van der Waals surface area contributed by atoms with Crippen molar-refractivity contribution in [1.29, 1.82) is 0 Å². The molecular formula is C14H20F3O4P. The first kappa shape index (κ1) is 19.2. The molecule has 0 saturated carbocycles. The summed E-state index contributed by atoms with van der Waals surface area (Å²) >= 11 is 0. The lowest BCUT2D eigenvalue weighted by atomic mass is 10.1. The van der Waals surface area contributed by atoms with Crippen molar-refractivity contribution in [3.8, 4) is 0 Å². The molecule has 1 rings (SSSR count). The van der Waals surface area contributed by atoms with Crippen molar-refractivity contribution in [3.05, 3.63) is 35.4 Å². The van der Waals surface area contributed by atoms with E-state index in [-0.39, 0.29) is 0 Å². The number of rotatable bonds is 6. The van der Waals surface area contributed by atoms with Crippen molar-refractivity contribution in [1.82, 2.24) is 0 Å². The van der Waals surface area contributed by atoms with E-state index in [1.165, 1.54) is 12.1 Å². The number of alkyl halides is 3. The van der Waals surface area contributed by atoms with Gasteiger partial charge in [-0.15, -0.1) is 0 Å². The standard InChI is InChI=1S/C14H20F3O4P/c1-9(2)20-22(19,21-10(3)4)13(18)11-7-5-6-8-12(11)14(15,16)17/h5-10,13,18H,1-4H3/t13-/m0/s1. The minimum atomic E-state index is -4.68. The number of aliphatic hydroxyl groups excluding tert-OH is 1. The van der Waals surface area contributed by atoms with Crippen molar-refractivity contribution in [2.24, 2.45) is 0 Å². The highest BCUT2D eigenvalue weighted by Gasteiger charge is 2.43. The Hall–Kier alpha value is -0.880. The van der Waals surface area contributed by atoms with E-state index in [1.807, 2.05) is 0 Å². The Morgan fingerprint density at radius 2 is 1.50 bits per heavy atom. The van der Waals surface area contributed by atoms with Gasteiger partial charge in [0.25, 0.3) is 0 Å². The van der Waals surface area contributed by atoms with Crippen LogP contribution in [-0.2, 0) is 19.8 Å². The Balaban J connectivity index is 3.31. The van der Waals surface area contributed by atoms with Crippen LogP contribution in [0.3, 0.4) is 0 Å². The summed E-state index contributed by atoms with van der Waals surface area (Å²) < 4.78 is 62.2. The summed E-state index contributed by atoms with van der Waals surface area (Å²) in [4.78, 5) is 0. The second-order valence-corrected chi connectivity index (χ2v) is 7.30. The number of hydrogen-bond donors (Lipinski definition) is 1. The van der Waals surface area contributed by atoms with Crippen molar-refractivity contribution >= 4 is 7.60 Å². The maximum absolute atomic E-state index is 13.0. The van der Waals surface area contributed by atoms with Crippen LogP contribution < -0.4 is 0 Å². The van der Waals surface area contributed by atoms with Gasteiger partial charge >= 0.3 is 13.8 Å². The van der Waals surface area contributed by atoms with Crippen molar-refractivity contribution in [2.45, 2.75) is 51.9 Å². The van der Waals surface area contributed by atoms with Gasteiger partial charge in [-0.25, -0.2) is 0 Å². The van der Waals surface area contributed by atoms with E-state index in [0.29, 0.717) is 0 Å². The van der Waals surface area contributed by atoms with Gasteiger partial charge in [-0.1, -0.05) is 18.2 Å². The molecule has 1 aromatic carbocycles. The molecule has 0 aliphatic carbocycles. The molecule has 0 spiro atoms. The minimum absolute atomic E-state index is 0.528. The molecule has 0 aromatic heterocycles. The first-order chi connectivity index (χ1) is 9.97. The number of benzene rings is 1. The van der Waals surface area contributed by atoms with Gasteiger partial charge < -0.3 is 14.2 Å². The molecule has 1 N–H and O–H groups in total. The van der Waals surface area contributed by atoms with Gasteiger partial charge in [0.2, 0.25) is 0 Å². The summed E-state index contributed by atoms with van der Waals surface area (Å²) in [5.41, 5.74) is -1.60. The van der Waals surface area contributed by atoms with Crippen LogP contribution in [0.2, 0.25) is 0 Å². The van der Waals surface area contributed by atoms with E-state index in [9.17, 15) is 22.8 Å². The summed E-state index contributed by atoms with van der Waals surface area (Å²) in [5.74, 6) is -2.02. The summed E-state index contributed by atoms with van der Waals surface area (Å²) in [7, 11) is -4.19. The molecule has 8 heteroatoms. The summed E-state index contributed by atoms with van der Waals surface area (Å²) in [5, 5.41) is 10.3. The Morgan fingerprint density at radius 3 is 1.91 bits per heavy atom. The molecule has 0 fully saturated rings. The highest BCUT2D eigenvalue weighted by atomic mass is 31.2. The molecule has 0 radical (unpaired) electrons. The average Bonchev–Trinajstić information content (AvgIpc) is 2.34. The van der Waals surface area contributed by atoms with Gasteiger partial charge in [-0.2, -0.15) is 13.2 Å². The topological polar surface area (TPSA) is 55.8 Å². The highest BCUT2D eigenvalue weighted by Crippen LogP contribution is 2.62. The van der Waals surface area contributed by atoms with E-state index < -0.39 is 43.0 Å². The number of halogens is 3. The van der Waals surface area contributed by atoms with Crippen LogP contribution in [0.5, 0.6) is 0 Å².